The maximum Gasteiger partial charge on any atom is 0.144 e. The van der Waals surface area contributed by atoms with Crippen LogP contribution < -0.4 is 5.32 Å². The predicted molar refractivity (Wildman–Crippen MR) is 85.8 cm³/mol. The van der Waals surface area contributed by atoms with Crippen LogP contribution in [0.25, 0.3) is 27.6 Å². The second kappa shape index (κ2) is 5.04. The summed E-state index contributed by atoms with van der Waals surface area (Å²) in [6.45, 7) is 4.27. The van der Waals surface area contributed by atoms with E-state index in [0.717, 1.165) is 23.3 Å². The molecule has 0 aliphatic heterocycles. The van der Waals surface area contributed by atoms with Crippen molar-refractivity contribution < 1.29 is 4.42 Å². The minimum atomic E-state index is 0.946. The van der Waals surface area contributed by atoms with Crippen molar-refractivity contribution in [1.29, 1.82) is 0 Å². The first kappa shape index (κ1) is 12.8. The number of benzene rings is 2. The van der Waals surface area contributed by atoms with Gasteiger partial charge in [0.1, 0.15) is 11.2 Å². The summed E-state index contributed by atoms with van der Waals surface area (Å²) in [6.07, 6.45) is 3.20. The third-order valence-corrected chi connectivity index (χ3v) is 3.70. The highest BCUT2D eigenvalue weighted by atomic mass is 16.3. The largest absolute Gasteiger partial charge is 0.455 e. The molecule has 0 aliphatic carbocycles. The monoisotopic (exact) mass is 265 g/mol. The standard InChI is InChI=1S/C18H19NO/c1-4-7-15(19-3)17-12(2)10-11-14-13-8-5-6-9-16(13)20-18(14)17/h5-11,19H,4H2,1-3H3/b15-7-. The van der Waals surface area contributed by atoms with Crippen molar-refractivity contribution in [2.75, 3.05) is 7.05 Å². The van der Waals surface area contributed by atoms with Gasteiger partial charge in [-0.05, 0) is 25.0 Å². The smallest absolute Gasteiger partial charge is 0.144 e. The van der Waals surface area contributed by atoms with E-state index in [1.807, 2.05) is 19.2 Å². The highest BCUT2D eigenvalue weighted by Gasteiger charge is 2.14. The molecular formula is C18H19NO. The van der Waals surface area contributed by atoms with Crippen molar-refractivity contribution in [2.45, 2.75) is 20.3 Å². The molecule has 1 N–H and O–H groups in total. The SMILES string of the molecule is CC/C=C(\NC)c1c(C)ccc2c1oc1ccccc12. The first-order chi connectivity index (χ1) is 9.76. The van der Waals surface area contributed by atoms with E-state index in [9.17, 15) is 0 Å². The number of furan rings is 1. The van der Waals surface area contributed by atoms with Gasteiger partial charge < -0.3 is 9.73 Å². The predicted octanol–water partition coefficient (Wildman–Crippen LogP) is 4.86. The van der Waals surface area contributed by atoms with Gasteiger partial charge in [-0.2, -0.15) is 0 Å². The molecule has 3 rings (SSSR count). The average molecular weight is 265 g/mol. The topological polar surface area (TPSA) is 25.2 Å². The van der Waals surface area contributed by atoms with Crippen molar-refractivity contribution in [3.63, 3.8) is 0 Å². The van der Waals surface area contributed by atoms with Crippen molar-refractivity contribution >= 4 is 27.6 Å². The molecule has 1 heterocycles. The third kappa shape index (κ3) is 1.88. The van der Waals surface area contributed by atoms with Crippen molar-refractivity contribution in [3.05, 3.63) is 53.6 Å². The van der Waals surface area contributed by atoms with Crippen LogP contribution in [0.1, 0.15) is 24.5 Å². The number of allylic oxidation sites excluding steroid dienone is 1. The number of aryl methyl sites for hydroxylation is 1. The van der Waals surface area contributed by atoms with Gasteiger partial charge in [0.25, 0.3) is 0 Å². The molecule has 2 aromatic carbocycles. The fourth-order valence-corrected chi connectivity index (χ4v) is 2.76. The Kier molecular flexibility index (Phi) is 3.23. The van der Waals surface area contributed by atoms with E-state index in [-0.39, 0.29) is 0 Å². The Morgan fingerprint density at radius 3 is 2.70 bits per heavy atom. The Hall–Kier alpha value is -2.22. The lowest BCUT2D eigenvalue weighted by atomic mass is 10.0. The van der Waals surface area contributed by atoms with Gasteiger partial charge in [-0.15, -0.1) is 0 Å². The van der Waals surface area contributed by atoms with Gasteiger partial charge in [-0.3, -0.25) is 0 Å². The van der Waals surface area contributed by atoms with Gasteiger partial charge in [0.05, 0.1) is 0 Å². The zero-order chi connectivity index (χ0) is 14.1. The van der Waals surface area contributed by atoms with Crippen LogP contribution in [0.15, 0.2) is 46.9 Å². The van der Waals surface area contributed by atoms with Gasteiger partial charge in [-0.1, -0.05) is 43.3 Å². The quantitative estimate of drug-likeness (QED) is 0.731. The van der Waals surface area contributed by atoms with Crippen LogP contribution in [-0.2, 0) is 0 Å². The number of hydrogen-bond acceptors (Lipinski definition) is 2. The highest BCUT2D eigenvalue weighted by Crippen LogP contribution is 2.34. The third-order valence-electron chi connectivity index (χ3n) is 3.70. The zero-order valence-electron chi connectivity index (χ0n) is 12.2. The summed E-state index contributed by atoms with van der Waals surface area (Å²) < 4.78 is 6.11. The van der Waals surface area contributed by atoms with Crippen molar-refractivity contribution in [2.24, 2.45) is 0 Å². The summed E-state index contributed by atoms with van der Waals surface area (Å²) in [5, 5.41) is 5.65. The Labute approximate surface area is 119 Å². The second-order valence-corrected chi connectivity index (χ2v) is 5.01. The maximum atomic E-state index is 6.11. The molecular weight excluding hydrogens is 246 g/mol. The van der Waals surface area contributed by atoms with Crippen LogP contribution in [0.5, 0.6) is 0 Å². The minimum absolute atomic E-state index is 0.946. The lowest BCUT2D eigenvalue weighted by Gasteiger charge is -2.11. The lowest BCUT2D eigenvalue weighted by molar-refractivity contribution is 0.666. The van der Waals surface area contributed by atoms with E-state index in [1.165, 1.54) is 21.9 Å². The Balaban J connectivity index is 2.41. The molecule has 3 aromatic rings. The summed E-state index contributed by atoms with van der Waals surface area (Å²) in [7, 11) is 1.96. The van der Waals surface area contributed by atoms with Gasteiger partial charge in [0.2, 0.25) is 0 Å². The fourth-order valence-electron chi connectivity index (χ4n) is 2.76. The second-order valence-electron chi connectivity index (χ2n) is 5.01. The number of rotatable bonds is 3. The molecule has 0 bridgehead atoms. The zero-order valence-corrected chi connectivity index (χ0v) is 12.2. The van der Waals surface area contributed by atoms with Crippen LogP contribution >= 0.6 is 0 Å². The van der Waals surface area contributed by atoms with Gasteiger partial charge in [-0.25, -0.2) is 0 Å². The molecule has 0 spiro atoms. The molecule has 1 aromatic heterocycles. The summed E-state index contributed by atoms with van der Waals surface area (Å²) in [5.41, 5.74) is 5.45. The lowest BCUT2D eigenvalue weighted by Crippen LogP contribution is -2.06. The summed E-state index contributed by atoms with van der Waals surface area (Å²) in [5.74, 6) is 0. The molecule has 0 fully saturated rings. The normalized spacial score (nSPS) is 12.2. The Morgan fingerprint density at radius 2 is 1.95 bits per heavy atom. The van der Waals surface area contributed by atoms with Crippen LogP contribution in [0.3, 0.4) is 0 Å². The molecule has 0 atom stereocenters. The fraction of sp³-hybridized carbons (Fsp3) is 0.222. The van der Waals surface area contributed by atoms with E-state index in [0.29, 0.717) is 0 Å². The molecule has 0 amide bonds. The van der Waals surface area contributed by atoms with Crippen LogP contribution in [-0.4, -0.2) is 7.05 Å². The molecule has 0 unspecified atom stereocenters. The van der Waals surface area contributed by atoms with E-state index in [2.05, 4.69) is 49.5 Å². The van der Waals surface area contributed by atoms with Crippen LogP contribution in [0.2, 0.25) is 0 Å². The van der Waals surface area contributed by atoms with Crippen molar-refractivity contribution in [3.8, 4) is 0 Å². The first-order valence-corrected chi connectivity index (χ1v) is 7.05. The van der Waals surface area contributed by atoms with E-state index >= 15 is 0 Å². The average Bonchev–Trinajstić information content (AvgIpc) is 2.84. The van der Waals surface area contributed by atoms with Gasteiger partial charge in [0.15, 0.2) is 0 Å². The van der Waals surface area contributed by atoms with Crippen molar-refractivity contribution in [1.82, 2.24) is 5.32 Å². The molecule has 0 radical (unpaired) electrons. The summed E-state index contributed by atoms with van der Waals surface area (Å²) >= 11 is 0. The van der Waals surface area contributed by atoms with Gasteiger partial charge >= 0.3 is 0 Å². The molecule has 0 aliphatic rings. The molecule has 20 heavy (non-hydrogen) atoms. The number of fused-ring (bicyclic) bond motifs is 3. The Morgan fingerprint density at radius 1 is 1.15 bits per heavy atom. The molecule has 2 nitrogen and oxygen atoms in total. The molecule has 2 heteroatoms. The maximum absolute atomic E-state index is 6.11. The highest BCUT2D eigenvalue weighted by molar-refractivity contribution is 6.08. The molecule has 0 saturated heterocycles. The summed E-state index contributed by atoms with van der Waals surface area (Å²) in [4.78, 5) is 0. The van der Waals surface area contributed by atoms with E-state index < -0.39 is 0 Å². The van der Waals surface area contributed by atoms with E-state index in [4.69, 9.17) is 4.42 Å². The minimum Gasteiger partial charge on any atom is -0.455 e. The number of nitrogens with one attached hydrogen (secondary N) is 1. The molecule has 102 valence electrons. The van der Waals surface area contributed by atoms with Crippen LogP contribution in [0.4, 0.5) is 0 Å². The first-order valence-electron chi connectivity index (χ1n) is 7.05. The number of hydrogen-bond donors (Lipinski definition) is 1. The number of para-hydroxylation sites is 1. The summed E-state index contributed by atoms with van der Waals surface area (Å²) in [6, 6.07) is 12.5. The molecule has 0 saturated carbocycles. The van der Waals surface area contributed by atoms with E-state index in [1.54, 1.807) is 0 Å². The van der Waals surface area contributed by atoms with Gasteiger partial charge in [0, 0.05) is 29.1 Å². The Bertz CT molecular complexity index is 796. The van der Waals surface area contributed by atoms with Crippen LogP contribution in [0, 0.1) is 6.92 Å².